The summed E-state index contributed by atoms with van der Waals surface area (Å²) in [5.74, 6) is -2.80. The summed E-state index contributed by atoms with van der Waals surface area (Å²) in [5.41, 5.74) is 4.41. The van der Waals surface area contributed by atoms with E-state index in [1.807, 2.05) is 37.3 Å². The number of hydrazone groups is 1. The number of carbonyl (C=O) groups is 8. The molecule has 0 radical (unpaired) electrons. The number of nitrogens with one attached hydrogen (secondary N) is 5. The molecule has 0 bridgehead atoms. The summed E-state index contributed by atoms with van der Waals surface area (Å²) in [4.78, 5) is 106. The van der Waals surface area contributed by atoms with Crippen LogP contribution in [0, 0.1) is 11.8 Å². The highest BCUT2D eigenvalue weighted by atomic mass is 16.6. The molecule has 0 fully saturated rings. The van der Waals surface area contributed by atoms with E-state index in [0.29, 0.717) is 77.6 Å². The maximum atomic E-state index is 13.1. The quantitative estimate of drug-likeness (QED) is 0.0551. The molecule has 71 heavy (non-hydrogen) atoms. The molecule has 5 rings (SSSR count). The molecule has 9 amide bonds. The molecule has 1 aromatic carbocycles. The van der Waals surface area contributed by atoms with Crippen LogP contribution in [-0.4, -0.2) is 164 Å². The molecule has 0 aliphatic carbocycles. The van der Waals surface area contributed by atoms with E-state index in [1.54, 1.807) is 38.1 Å². The van der Waals surface area contributed by atoms with E-state index < -0.39 is 29.8 Å². The normalized spacial score (nSPS) is 16.2. The van der Waals surface area contributed by atoms with Gasteiger partial charge in [-0.25, -0.2) is 9.80 Å². The van der Waals surface area contributed by atoms with Crippen LogP contribution in [-0.2, 0) is 65.6 Å². The lowest BCUT2D eigenvalue weighted by Crippen LogP contribution is -2.54. The Bertz CT molecular complexity index is 2180. The van der Waals surface area contributed by atoms with Crippen LogP contribution >= 0.6 is 0 Å². The Morgan fingerprint density at radius 3 is 2.01 bits per heavy atom. The van der Waals surface area contributed by atoms with Gasteiger partial charge in [-0.05, 0) is 60.6 Å². The molecule has 22 nitrogen and oxygen atoms in total. The molecule has 0 saturated carbocycles. The van der Waals surface area contributed by atoms with Gasteiger partial charge < -0.3 is 50.4 Å². The van der Waals surface area contributed by atoms with Crippen molar-refractivity contribution in [2.75, 3.05) is 84.4 Å². The fourth-order valence-corrected chi connectivity index (χ4v) is 7.60. The van der Waals surface area contributed by atoms with Gasteiger partial charge in [0.05, 0.1) is 58.6 Å². The number of hydrogen-bond donors (Lipinski definition) is 5. The number of unbranched alkanes of at least 4 members (excludes halogenated alkanes) is 1. The van der Waals surface area contributed by atoms with Crippen LogP contribution in [0.15, 0.2) is 60.0 Å². The minimum absolute atomic E-state index is 0.0152. The molecule has 1 aromatic heterocycles. The molecule has 3 aliphatic heterocycles. The topological polar surface area (TPSA) is 269 Å². The number of nitrogens with zero attached hydrogens (tertiary/aromatic N) is 5. The van der Waals surface area contributed by atoms with Gasteiger partial charge in [-0.15, -0.1) is 0 Å². The standard InChI is InChI=1S/C49H68N10O12/c1-33(2)45(55-41(61)15-21-68-23-25-70-27-28-71-26-24-69-22-18-51-40(60)14-20-58-42(62)11-12-43(58)63)48(66)53-35(4)47(65)52-16-5-6-19-59-44(64)29-34(3)46(56-59)36-7-9-39(10-8-36)54-49(67)57-31-37-13-17-50-30-38(37)32-57/h7-13,17,30,33-35,45H,5-6,14-16,18-29,31-32H2,1-4H3,(H,51,60)(H,52,65)(H,53,66)(H,54,67)(H,55,61)/t34-,35-,45-/m1/s1. The summed E-state index contributed by atoms with van der Waals surface area (Å²) in [7, 11) is 0. The third-order valence-corrected chi connectivity index (χ3v) is 11.6. The average Bonchev–Trinajstić information content (AvgIpc) is 3.93. The highest BCUT2D eigenvalue weighted by Gasteiger charge is 2.29. The Kier molecular flexibility index (Phi) is 22.5. The van der Waals surface area contributed by atoms with E-state index in [4.69, 9.17) is 24.0 Å². The zero-order valence-corrected chi connectivity index (χ0v) is 41.1. The van der Waals surface area contributed by atoms with Crippen molar-refractivity contribution in [2.24, 2.45) is 16.9 Å². The van der Waals surface area contributed by atoms with E-state index in [2.05, 4.69) is 31.6 Å². The van der Waals surface area contributed by atoms with Gasteiger partial charge in [-0.3, -0.25) is 43.4 Å². The lowest BCUT2D eigenvalue weighted by atomic mass is 9.93. The minimum atomic E-state index is -0.867. The van der Waals surface area contributed by atoms with E-state index >= 15 is 0 Å². The smallest absolute Gasteiger partial charge is 0.322 e. The van der Waals surface area contributed by atoms with Crippen LogP contribution in [0.5, 0.6) is 0 Å². The van der Waals surface area contributed by atoms with Crippen molar-refractivity contribution < 1.29 is 57.3 Å². The second kappa shape index (κ2) is 28.9. The minimum Gasteiger partial charge on any atom is -0.379 e. The zero-order valence-electron chi connectivity index (χ0n) is 41.1. The lowest BCUT2D eigenvalue weighted by Gasteiger charge is -2.28. The first-order valence-corrected chi connectivity index (χ1v) is 24.2. The van der Waals surface area contributed by atoms with Crippen molar-refractivity contribution in [1.82, 2.24) is 41.1 Å². The van der Waals surface area contributed by atoms with Gasteiger partial charge >= 0.3 is 6.03 Å². The molecule has 5 N–H and O–H groups in total. The first kappa shape index (κ1) is 55.3. The number of ether oxygens (including phenoxy) is 4. The number of rotatable bonds is 30. The molecular formula is C49H68N10O12. The molecule has 0 spiro atoms. The first-order valence-electron chi connectivity index (χ1n) is 24.2. The SMILES string of the molecule is CC(C)[C@@H](NC(=O)CCOCCOCCOCCOCCNC(=O)CCN1C(=O)C=CC1=O)C(=O)N[C@H](C)C(=O)NCCCCN1N=C(c2ccc(NC(=O)N3Cc4ccncc4C3)cc2)[C@H](C)CC1=O. The molecule has 386 valence electrons. The number of aromatic nitrogens is 1. The number of amides is 9. The van der Waals surface area contributed by atoms with Crippen molar-refractivity contribution in [3.8, 4) is 0 Å². The van der Waals surface area contributed by atoms with Gasteiger partial charge in [-0.1, -0.05) is 32.9 Å². The number of imide groups is 1. The van der Waals surface area contributed by atoms with Crippen LogP contribution in [0.3, 0.4) is 0 Å². The maximum Gasteiger partial charge on any atom is 0.322 e. The summed E-state index contributed by atoms with van der Waals surface area (Å²) in [6, 6.07) is 7.43. The highest BCUT2D eigenvalue weighted by Crippen LogP contribution is 2.25. The van der Waals surface area contributed by atoms with Gasteiger partial charge in [-0.2, -0.15) is 5.10 Å². The van der Waals surface area contributed by atoms with Gasteiger partial charge in [0, 0.05) is 94.7 Å². The second-order valence-electron chi connectivity index (χ2n) is 17.6. The number of anilines is 1. The number of carbonyl (C=O) groups excluding carboxylic acids is 8. The van der Waals surface area contributed by atoms with Crippen molar-refractivity contribution in [3.63, 3.8) is 0 Å². The summed E-state index contributed by atoms with van der Waals surface area (Å²) in [5, 5.41) is 20.1. The average molecular weight is 989 g/mol. The van der Waals surface area contributed by atoms with Crippen molar-refractivity contribution in [2.45, 2.75) is 85.0 Å². The zero-order chi connectivity index (χ0) is 51.1. The fourth-order valence-electron chi connectivity index (χ4n) is 7.60. The number of pyridine rings is 1. The summed E-state index contributed by atoms with van der Waals surface area (Å²) in [6.45, 7) is 11.4. The molecule has 0 unspecified atom stereocenters. The molecule has 2 aromatic rings. The van der Waals surface area contributed by atoms with Gasteiger partial charge in [0.15, 0.2) is 0 Å². The van der Waals surface area contributed by atoms with Crippen molar-refractivity contribution in [1.29, 1.82) is 0 Å². The predicted octanol–water partition coefficient (Wildman–Crippen LogP) is 1.63. The van der Waals surface area contributed by atoms with Crippen LogP contribution in [0.2, 0.25) is 0 Å². The van der Waals surface area contributed by atoms with E-state index in [9.17, 15) is 38.4 Å². The predicted molar refractivity (Wildman–Crippen MR) is 259 cm³/mol. The second-order valence-corrected chi connectivity index (χ2v) is 17.6. The largest absolute Gasteiger partial charge is 0.379 e. The highest BCUT2D eigenvalue weighted by molar-refractivity contribution is 6.13. The van der Waals surface area contributed by atoms with Crippen LogP contribution < -0.4 is 26.6 Å². The summed E-state index contributed by atoms with van der Waals surface area (Å²) < 4.78 is 21.8. The molecule has 3 atom stereocenters. The third kappa shape index (κ3) is 18.3. The van der Waals surface area contributed by atoms with E-state index in [0.717, 1.165) is 27.3 Å². The van der Waals surface area contributed by atoms with Gasteiger partial charge in [0.25, 0.3) is 11.8 Å². The molecule has 22 heteroatoms. The first-order chi connectivity index (χ1) is 34.2. The molecular weight excluding hydrogens is 921 g/mol. The Balaban J connectivity index is 0.863. The van der Waals surface area contributed by atoms with Gasteiger partial charge in [0.2, 0.25) is 29.5 Å². The van der Waals surface area contributed by atoms with E-state index in [1.165, 1.54) is 17.2 Å². The molecule has 0 saturated heterocycles. The Labute approximate surface area is 414 Å². The summed E-state index contributed by atoms with van der Waals surface area (Å²) >= 11 is 0. The Morgan fingerprint density at radius 2 is 1.35 bits per heavy atom. The maximum absolute atomic E-state index is 13.1. The fraction of sp³-hybridized carbons (Fsp3) is 0.551. The lowest BCUT2D eigenvalue weighted by molar-refractivity contribution is -0.137. The molecule has 3 aliphatic rings. The van der Waals surface area contributed by atoms with Crippen LogP contribution in [0.4, 0.5) is 10.5 Å². The Morgan fingerprint density at radius 1 is 0.704 bits per heavy atom. The number of benzene rings is 1. The van der Waals surface area contributed by atoms with Crippen LogP contribution in [0.1, 0.15) is 76.5 Å². The van der Waals surface area contributed by atoms with Crippen molar-refractivity contribution >= 4 is 58.8 Å². The number of hydrogen-bond acceptors (Lipinski definition) is 14. The van der Waals surface area contributed by atoms with E-state index in [-0.39, 0.29) is 93.9 Å². The Hall–Kier alpha value is -6.62. The number of fused-ring (bicyclic) bond motifs is 1. The number of urea groups is 1. The van der Waals surface area contributed by atoms with Crippen molar-refractivity contribution in [3.05, 3.63) is 71.6 Å². The third-order valence-electron chi connectivity index (χ3n) is 11.6. The van der Waals surface area contributed by atoms with Crippen LogP contribution in [0.25, 0.3) is 0 Å². The summed E-state index contributed by atoms with van der Waals surface area (Å²) in [6.07, 6.45) is 7.35. The van der Waals surface area contributed by atoms with Gasteiger partial charge in [0.1, 0.15) is 12.1 Å². The monoisotopic (exact) mass is 989 g/mol. The molecule has 4 heterocycles.